The Morgan fingerprint density at radius 2 is 1.49 bits per heavy atom. The maximum atomic E-state index is 10.3. The van der Waals surface area contributed by atoms with Crippen LogP contribution in [0, 0.1) is 6.07 Å². The van der Waals surface area contributed by atoms with Crippen molar-refractivity contribution in [3.8, 4) is 39.5 Å². The van der Waals surface area contributed by atoms with Gasteiger partial charge in [-0.25, -0.2) is 4.98 Å². The van der Waals surface area contributed by atoms with Gasteiger partial charge in [-0.2, -0.15) is 0 Å². The minimum atomic E-state index is 0. The molecule has 1 N–H and O–H groups in total. The van der Waals surface area contributed by atoms with Crippen molar-refractivity contribution in [2.24, 2.45) is 0 Å². The van der Waals surface area contributed by atoms with Gasteiger partial charge in [0.25, 0.3) is 0 Å². The topological polar surface area (TPSA) is 59.2 Å². The fraction of sp³-hybridized carbons (Fsp3) is 0.125. The van der Waals surface area contributed by atoms with Crippen molar-refractivity contribution in [2.45, 2.75) is 26.2 Å². The minimum Gasteiger partial charge on any atom is -0.507 e. The molecule has 0 spiro atoms. The number of para-hydroxylation sites is 2. The van der Waals surface area contributed by atoms with E-state index in [1.165, 1.54) is 5.56 Å². The smallest absolute Gasteiger partial charge is 0.230 e. The van der Waals surface area contributed by atoms with E-state index in [4.69, 9.17) is 14.4 Å². The fourth-order valence-corrected chi connectivity index (χ4v) is 4.55. The van der Waals surface area contributed by atoms with Gasteiger partial charge in [0, 0.05) is 32.8 Å². The zero-order valence-electron chi connectivity index (χ0n) is 20.7. The molecule has 4 aromatic carbocycles. The van der Waals surface area contributed by atoms with E-state index < -0.39 is 0 Å². The van der Waals surface area contributed by atoms with Crippen molar-refractivity contribution in [3.63, 3.8) is 0 Å². The molecule has 2 aromatic heterocycles. The largest absolute Gasteiger partial charge is 0.507 e. The summed E-state index contributed by atoms with van der Waals surface area (Å²) in [5.74, 6) is 0.525. The quantitative estimate of drug-likeness (QED) is 0.194. The summed E-state index contributed by atoms with van der Waals surface area (Å²) in [6.45, 7) is 6.67. The molecule has 0 radical (unpaired) electrons. The van der Waals surface area contributed by atoms with Crippen LogP contribution in [0.1, 0.15) is 26.3 Å². The minimum absolute atomic E-state index is 0. The molecule has 0 unspecified atom stereocenters. The van der Waals surface area contributed by atoms with Gasteiger partial charge in [0.05, 0.1) is 11.1 Å². The number of pyridine rings is 1. The molecule has 0 atom stereocenters. The van der Waals surface area contributed by atoms with E-state index in [9.17, 15) is 5.11 Å². The third-order valence-corrected chi connectivity index (χ3v) is 6.50. The summed E-state index contributed by atoms with van der Waals surface area (Å²) in [6, 6.07) is 31.3. The number of phenolic OH excluding ortho intramolecular Hbond substituents is 1. The molecule has 6 rings (SSSR count). The monoisotopic (exact) mass is 664 g/mol. The van der Waals surface area contributed by atoms with E-state index in [2.05, 4.69) is 51.1 Å². The third kappa shape index (κ3) is 4.58. The number of oxazole rings is 1. The van der Waals surface area contributed by atoms with Crippen LogP contribution in [-0.4, -0.2) is 15.1 Å². The van der Waals surface area contributed by atoms with E-state index in [0.29, 0.717) is 17.0 Å². The Hall–Kier alpha value is -3.75. The summed E-state index contributed by atoms with van der Waals surface area (Å²) in [5, 5.41) is 11.4. The Bertz CT molecular complexity index is 1750. The van der Waals surface area contributed by atoms with Gasteiger partial charge in [-0.15, -0.1) is 35.4 Å². The SMILES string of the molecule is CC(C)(C)c1cc(-c2[c-]c(-c3cccc4oc(-c5ccccc5O)nc34)ccc2)c2ncccc2c1.[Pt]. The van der Waals surface area contributed by atoms with Gasteiger partial charge in [0.15, 0.2) is 0 Å². The number of hydrogen-bond acceptors (Lipinski definition) is 4. The molecule has 0 aliphatic carbocycles. The van der Waals surface area contributed by atoms with Gasteiger partial charge in [0.1, 0.15) is 11.3 Å². The van der Waals surface area contributed by atoms with Crippen LogP contribution in [0.25, 0.3) is 55.7 Å². The van der Waals surface area contributed by atoms with Crippen LogP contribution in [0.3, 0.4) is 0 Å². The zero-order valence-corrected chi connectivity index (χ0v) is 23.0. The van der Waals surface area contributed by atoms with Crippen LogP contribution >= 0.6 is 0 Å². The van der Waals surface area contributed by atoms with Gasteiger partial charge < -0.3 is 9.52 Å². The molecule has 186 valence electrons. The number of aromatic hydroxyl groups is 1. The summed E-state index contributed by atoms with van der Waals surface area (Å²) in [6.07, 6.45) is 1.84. The Kier molecular flexibility index (Phi) is 6.47. The van der Waals surface area contributed by atoms with E-state index in [0.717, 1.165) is 38.7 Å². The molecular weight excluding hydrogens is 639 g/mol. The standard InChI is InChI=1S/C32H25N2O2.Pt/c1-32(2,3)23-18-22-11-8-16-33-29(22)26(19-23)21-10-6-9-20(17-21)24-13-7-15-28-30(24)34-31(36-28)25-12-4-5-14-27(25)35;/h4-16,18-19,35H,1-3H3;/q-1;. The molecule has 0 saturated heterocycles. The normalized spacial score (nSPS) is 11.5. The molecular formula is C32H25N2O2Pt-. The van der Waals surface area contributed by atoms with Crippen LogP contribution in [-0.2, 0) is 26.5 Å². The number of aromatic nitrogens is 2. The summed E-state index contributed by atoms with van der Waals surface area (Å²) in [4.78, 5) is 9.47. The summed E-state index contributed by atoms with van der Waals surface area (Å²) in [7, 11) is 0. The number of nitrogens with zero attached hydrogens (tertiary/aromatic N) is 2. The van der Waals surface area contributed by atoms with Gasteiger partial charge in [-0.3, -0.25) is 4.98 Å². The van der Waals surface area contributed by atoms with Crippen LogP contribution in [0.15, 0.2) is 95.5 Å². The molecule has 0 amide bonds. The molecule has 0 saturated carbocycles. The maximum Gasteiger partial charge on any atom is 0.230 e. The van der Waals surface area contributed by atoms with Crippen molar-refractivity contribution in [1.82, 2.24) is 9.97 Å². The van der Waals surface area contributed by atoms with Crippen LogP contribution in [0.4, 0.5) is 0 Å². The predicted molar refractivity (Wildman–Crippen MR) is 145 cm³/mol. The third-order valence-electron chi connectivity index (χ3n) is 6.50. The Labute approximate surface area is 230 Å². The zero-order chi connectivity index (χ0) is 24.9. The summed E-state index contributed by atoms with van der Waals surface area (Å²) >= 11 is 0. The summed E-state index contributed by atoms with van der Waals surface area (Å²) in [5.41, 5.74) is 8.04. The average Bonchev–Trinajstić information content (AvgIpc) is 3.32. The first-order chi connectivity index (χ1) is 17.4. The predicted octanol–water partition coefficient (Wildman–Crippen LogP) is 8.18. The first-order valence-electron chi connectivity index (χ1n) is 12.0. The molecule has 2 heterocycles. The molecule has 0 fully saturated rings. The molecule has 0 aliphatic heterocycles. The van der Waals surface area contributed by atoms with E-state index in [1.807, 2.05) is 48.7 Å². The average molecular weight is 665 g/mol. The molecule has 6 aromatic rings. The van der Waals surface area contributed by atoms with Gasteiger partial charge >= 0.3 is 0 Å². The van der Waals surface area contributed by atoms with E-state index in [-0.39, 0.29) is 32.2 Å². The second-order valence-electron chi connectivity index (χ2n) is 10.0. The van der Waals surface area contributed by atoms with Crippen LogP contribution < -0.4 is 0 Å². The first-order valence-corrected chi connectivity index (χ1v) is 12.0. The Balaban J connectivity index is 0.00000280. The van der Waals surface area contributed by atoms with E-state index in [1.54, 1.807) is 18.2 Å². The van der Waals surface area contributed by atoms with Gasteiger partial charge in [-0.1, -0.05) is 74.4 Å². The molecule has 37 heavy (non-hydrogen) atoms. The molecule has 4 nitrogen and oxygen atoms in total. The van der Waals surface area contributed by atoms with Crippen molar-refractivity contribution in [3.05, 3.63) is 103 Å². The second-order valence-corrected chi connectivity index (χ2v) is 10.0. The van der Waals surface area contributed by atoms with Gasteiger partial charge in [0.2, 0.25) is 5.89 Å². The van der Waals surface area contributed by atoms with Crippen molar-refractivity contribution in [1.29, 1.82) is 0 Å². The van der Waals surface area contributed by atoms with Gasteiger partial charge in [-0.05, 0) is 40.6 Å². The molecule has 5 heteroatoms. The number of fused-ring (bicyclic) bond motifs is 2. The second kappa shape index (κ2) is 9.61. The molecule has 0 bridgehead atoms. The van der Waals surface area contributed by atoms with Crippen LogP contribution in [0.2, 0.25) is 0 Å². The Morgan fingerprint density at radius 3 is 2.27 bits per heavy atom. The molecule has 0 aliphatic rings. The number of benzene rings is 4. The van der Waals surface area contributed by atoms with Crippen molar-refractivity contribution in [2.75, 3.05) is 0 Å². The number of phenols is 1. The Morgan fingerprint density at radius 1 is 0.757 bits per heavy atom. The maximum absolute atomic E-state index is 10.3. The first kappa shape index (κ1) is 24.9. The van der Waals surface area contributed by atoms with E-state index >= 15 is 0 Å². The van der Waals surface area contributed by atoms with Crippen molar-refractivity contribution < 1.29 is 30.6 Å². The van der Waals surface area contributed by atoms with Crippen molar-refractivity contribution >= 4 is 22.0 Å². The fourth-order valence-electron chi connectivity index (χ4n) is 4.55. The summed E-state index contributed by atoms with van der Waals surface area (Å²) < 4.78 is 6.03. The number of hydrogen-bond donors (Lipinski definition) is 1. The number of rotatable bonds is 3. The van der Waals surface area contributed by atoms with Crippen LogP contribution in [0.5, 0.6) is 5.75 Å².